The lowest BCUT2D eigenvalue weighted by molar-refractivity contribution is -0.109. The molecule has 0 aromatic heterocycles. The Balaban J connectivity index is 4.12. The van der Waals surface area contributed by atoms with Gasteiger partial charge in [0.15, 0.2) is 0 Å². The first kappa shape index (κ1) is 15.9. The van der Waals surface area contributed by atoms with E-state index < -0.39 is 11.7 Å². The molecule has 2 N–H and O–H groups in total. The Kier molecular flexibility index (Phi) is 7.49. The van der Waals surface area contributed by atoms with Gasteiger partial charge >= 0.3 is 6.09 Å². The summed E-state index contributed by atoms with van der Waals surface area (Å²) >= 11 is 0. The molecule has 0 spiro atoms. The number of nitrogens with one attached hydrogen (secondary N) is 1. The summed E-state index contributed by atoms with van der Waals surface area (Å²) in [5.74, 6) is 0. The number of hydrogen-bond acceptors (Lipinski definition) is 5. The number of hydrogen-bond donors (Lipinski definition) is 2. The number of aldehydes is 1. The van der Waals surface area contributed by atoms with E-state index in [-0.39, 0.29) is 13.2 Å². The van der Waals surface area contributed by atoms with E-state index in [2.05, 4.69) is 5.43 Å². The van der Waals surface area contributed by atoms with Crippen molar-refractivity contribution >= 4 is 12.4 Å². The first-order valence-electron chi connectivity index (χ1n) is 5.69. The minimum absolute atomic E-state index is 0.0615. The lowest BCUT2D eigenvalue weighted by Crippen LogP contribution is -2.46. The quantitative estimate of drug-likeness (QED) is 0.393. The largest absolute Gasteiger partial charge is 0.443 e. The van der Waals surface area contributed by atoms with Crippen LogP contribution in [0.3, 0.4) is 0 Å². The zero-order valence-electron chi connectivity index (χ0n) is 10.7. The van der Waals surface area contributed by atoms with Crippen LogP contribution in [0.5, 0.6) is 0 Å². The maximum Gasteiger partial charge on any atom is 0.425 e. The third-order valence-electron chi connectivity index (χ3n) is 1.76. The first-order chi connectivity index (χ1) is 7.90. The molecule has 0 aliphatic heterocycles. The first-order valence-corrected chi connectivity index (χ1v) is 5.69. The highest BCUT2D eigenvalue weighted by Gasteiger charge is 2.21. The standard InChI is InChI=1S/C11H22N2O4/c1-11(2,3)17-10(16)13(7-9-15)12-6-4-5-8-14/h9,12,14H,4-8H2,1-3H3. The highest BCUT2D eigenvalue weighted by Crippen LogP contribution is 2.08. The molecule has 0 aliphatic carbocycles. The predicted octanol–water partition coefficient (Wildman–Crippen LogP) is 0.700. The molecule has 0 saturated heterocycles. The fourth-order valence-electron chi connectivity index (χ4n) is 1.05. The van der Waals surface area contributed by atoms with Crippen LogP contribution in [-0.2, 0) is 9.53 Å². The molecule has 0 saturated carbocycles. The van der Waals surface area contributed by atoms with Crippen molar-refractivity contribution in [1.29, 1.82) is 0 Å². The van der Waals surface area contributed by atoms with Crippen LogP contribution in [0.4, 0.5) is 4.79 Å². The summed E-state index contributed by atoms with van der Waals surface area (Å²) in [6.45, 7) is 5.84. The van der Waals surface area contributed by atoms with Gasteiger partial charge in [0.25, 0.3) is 0 Å². The Morgan fingerprint density at radius 3 is 2.53 bits per heavy atom. The van der Waals surface area contributed by atoms with Crippen LogP contribution in [0.2, 0.25) is 0 Å². The number of aliphatic hydroxyl groups is 1. The van der Waals surface area contributed by atoms with Crippen molar-refractivity contribution in [2.45, 2.75) is 39.2 Å². The number of carbonyl (C=O) groups excluding carboxylic acids is 2. The third-order valence-corrected chi connectivity index (χ3v) is 1.76. The summed E-state index contributed by atoms with van der Waals surface area (Å²) < 4.78 is 5.13. The van der Waals surface area contributed by atoms with Gasteiger partial charge in [-0.25, -0.2) is 15.2 Å². The summed E-state index contributed by atoms with van der Waals surface area (Å²) in [6.07, 6.45) is 1.42. The van der Waals surface area contributed by atoms with Gasteiger partial charge in [-0.15, -0.1) is 0 Å². The summed E-state index contributed by atoms with van der Waals surface area (Å²) in [7, 11) is 0. The molecule has 0 unspecified atom stereocenters. The van der Waals surface area contributed by atoms with Crippen LogP contribution in [0.15, 0.2) is 0 Å². The molecule has 0 aromatic carbocycles. The normalized spacial score (nSPS) is 11.1. The highest BCUT2D eigenvalue weighted by molar-refractivity contribution is 5.71. The van der Waals surface area contributed by atoms with Gasteiger partial charge in [0.2, 0.25) is 0 Å². The second-order valence-electron chi connectivity index (χ2n) is 4.60. The maximum atomic E-state index is 11.6. The summed E-state index contributed by atoms with van der Waals surface area (Å²) in [4.78, 5) is 22.1. The molecule has 17 heavy (non-hydrogen) atoms. The van der Waals surface area contributed by atoms with Crippen LogP contribution in [0.25, 0.3) is 0 Å². The van der Waals surface area contributed by atoms with E-state index >= 15 is 0 Å². The Morgan fingerprint density at radius 1 is 1.41 bits per heavy atom. The van der Waals surface area contributed by atoms with Crippen LogP contribution >= 0.6 is 0 Å². The number of hydrazine groups is 1. The zero-order chi connectivity index (χ0) is 13.3. The van der Waals surface area contributed by atoms with Gasteiger partial charge in [-0.2, -0.15) is 0 Å². The van der Waals surface area contributed by atoms with E-state index in [4.69, 9.17) is 9.84 Å². The van der Waals surface area contributed by atoms with Gasteiger partial charge in [0.1, 0.15) is 11.9 Å². The number of aliphatic hydroxyl groups excluding tert-OH is 1. The molecule has 0 fully saturated rings. The minimum Gasteiger partial charge on any atom is -0.443 e. The van der Waals surface area contributed by atoms with Crippen molar-refractivity contribution in [2.24, 2.45) is 0 Å². The van der Waals surface area contributed by atoms with Gasteiger partial charge in [0.05, 0.1) is 6.54 Å². The molecule has 0 bridgehead atoms. The number of nitrogens with zero attached hydrogens (tertiary/aromatic N) is 1. The van der Waals surface area contributed by atoms with Crippen molar-refractivity contribution in [1.82, 2.24) is 10.4 Å². The van der Waals surface area contributed by atoms with Crippen molar-refractivity contribution in [3.05, 3.63) is 0 Å². The minimum atomic E-state index is -0.592. The van der Waals surface area contributed by atoms with E-state index in [0.717, 1.165) is 5.01 Å². The lowest BCUT2D eigenvalue weighted by atomic mass is 10.2. The SMILES string of the molecule is CC(C)(C)OC(=O)N(CC=O)NCCCCO. The number of amides is 1. The monoisotopic (exact) mass is 246 g/mol. The molecule has 6 nitrogen and oxygen atoms in total. The molecule has 0 rings (SSSR count). The molecule has 0 atom stereocenters. The average molecular weight is 246 g/mol. The average Bonchev–Trinajstić information content (AvgIpc) is 2.20. The molecule has 0 aliphatic rings. The van der Waals surface area contributed by atoms with Gasteiger partial charge in [-0.1, -0.05) is 0 Å². The van der Waals surface area contributed by atoms with E-state index in [1.165, 1.54) is 0 Å². The summed E-state index contributed by atoms with van der Waals surface area (Å²) in [6, 6.07) is 0. The number of ether oxygens (including phenoxy) is 1. The second-order valence-corrected chi connectivity index (χ2v) is 4.60. The van der Waals surface area contributed by atoms with Gasteiger partial charge in [-0.05, 0) is 33.6 Å². The lowest BCUT2D eigenvalue weighted by Gasteiger charge is -2.26. The molecule has 0 aromatic rings. The molecule has 0 heterocycles. The van der Waals surface area contributed by atoms with Gasteiger partial charge < -0.3 is 14.6 Å². The van der Waals surface area contributed by atoms with Gasteiger partial charge in [0, 0.05) is 13.2 Å². The van der Waals surface area contributed by atoms with Crippen LogP contribution < -0.4 is 5.43 Å². The van der Waals surface area contributed by atoms with Crippen molar-refractivity contribution < 1.29 is 19.4 Å². The van der Waals surface area contributed by atoms with Crippen molar-refractivity contribution in [3.63, 3.8) is 0 Å². The molecule has 6 heteroatoms. The van der Waals surface area contributed by atoms with Gasteiger partial charge in [-0.3, -0.25) is 0 Å². The molecular weight excluding hydrogens is 224 g/mol. The third kappa shape index (κ3) is 8.65. The molecule has 0 radical (unpaired) electrons. The summed E-state index contributed by atoms with van der Waals surface area (Å²) in [5, 5.41) is 9.74. The van der Waals surface area contributed by atoms with E-state index in [0.29, 0.717) is 25.7 Å². The number of unbranched alkanes of at least 4 members (excludes halogenated alkanes) is 1. The van der Waals surface area contributed by atoms with Crippen LogP contribution in [0, 0.1) is 0 Å². The smallest absolute Gasteiger partial charge is 0.425 e. The fraction of sp³-hybridized carbons (Fsp3) is 0.818. The Bertz CT molecular complexity index is 238. The summed E-state index contributed by atoms with van der Waals surface area (Å²) in [5.41, 5.74) is 2.20. The molecule has 100 valence electrons. The van der Waals surface area contributed by atoms with Crippen LogP contribution in [-0.4, -0.2) is 47.8 Å². The zero-order valence-corrected chi connectivity index (χ0v) is 10.7. The van der Waals surface area contributed by atoms with E-state index in [9.17, 15) is 9.59 Å². The van der Waals surface area contributed by atoms with Crippen LogP contribution in [0.1, 0.15) is 33.6 Å². The topological polar surface area (TPSA) is 78.9 Å². The molecule has 1 amide bonds. The fourth-order valence-corrected chi connectivity index (χ4v) is 1.05. The Hall–Kier alpha value is -1.14. The van der Waals surface area contributed by atoms with Crippen molar-refractivity contribution in [3.8, 4) is 0 Å². The highest BCUT2D eigenvalue weighted by atomic mass is 16.6. The van der Waals surface area contributed by atoms with E-state index in [1.54, 1.807) is 20.8 Å². The van der Waals surface area contributed by atoms with Crippen molar-refractivity contribution in [2.75, 3.05) is 19.7 Å². The number of rotatable bonds is 7. The second kappa shape index (κ2) is 8.03. The predicted molar refractivity (Wildman–Crippen MR) is 63.3 cm³/mol. The Labute approximate surface area is 102 Å². The Morgan fingerprint density at radius 2 is 2.06 bits per heavy atom. The van der Waals surface area contributed by atoms with E-state index in [1.807, 2.05) is 0 Å². The maximum absolute atomic E-state index is 11.6. The molecular formula is C11H22N2O4. The number of carbonyl (C=O) groups is 2.